The Morgan fingerprint density at radius 3 is 2.14 bits per heavy atom. The van der Waals surface area contributed by atoms with Crippen molar-refractivity contribution in [2.24, 2.45) is 0 Å². The summed E-state index contributed by atoms with van der Waals surface area (Å²) in [5.41, 5.74) is 2.15. The summed E-state index contributed by atoms with van der Waals surface area (Å²) in [7, 11) is -4.77. The van der Waals surface area contributed by atoms with Gasteiger partial charge in [-0.2, -0.15) is 8.42 Å². The maximum Gasteiger partial charge on any atom is 0.398 e. The summed E-state index contributed by atoms with van der Waals surface area (Å²) in [4.78, 5) is 24.2. The average molecular weight is 490 g/mol. The van der Waals surface area contributed by atoms with Crippen LogP contribution in [0.2, 0.25) is 0 Å². The summed E-state index contributed by atoms with van der Waals surface area (Å²) in [5.74, 6) is -0.442. The Kier molecular flexibility index (Phi) is 7.36. The molecule has 0 saturated carbocycles. The second-order valence-electron chi connectivity index (χ2n) is 8.04. The molecule has 0 heterocycles. The molecule has 4 aromatic rings. The number of nitrogens with one attached hydrogen (secondary N) is 1. The summed E-state index contributed by atoms with van der Waals surface area (Å²) in [6.45, 7) is 0. The van der Waals surface area contributed by atoms with Crippen molar-refractivity contribution in [2.45, 2.75) is 18.6 Å². The smallest absolute Gasteiger partial charge is 0.342 e. The van der Waals surface area contributed by atoms with E-state index in [1.54, 1.807) is 24.3 Å². The third kappa shape index (κ3) is 6.39. The van der Waals surface area contributed by atoms with Gasteiger partial charge >= 0.3 is 10.4 Å². The standard InChI is InChI=1S/C27H23NO6S/c29-18-25(16-19-6-2-1-3-7-19)28-27(30)22-13-11-21(12-14-22)26(34-35(31,32)33)24-15-10-20-8-4-5-9-23(20)17-24/h1-15,17-18,25-26H,16H2,(H,28,30)(H,31,32,33)/t25-,26?/m0/s1. The van der Waals surface area contributed by atoms with Gasteiger partial charge in [0.25, 0.3) is 5.91 Å². The van der Waals surface area contributed by atoms with Gasteiger partial charge < -0.3 is 10.1 Å². The number of hydrogen-bond donors (Lipinski definition) is 2. The Hall–Kier alpha value is -3.85. The van der Waals surface area contributed by atoms with Crippen LogP contribution in [0.4, 0.5) is 0 Å². The zero-order valence-electron chi connectivity index (χ0n) is 18.6. The number of amides is 1. The van der Waals surface area contributed by atoms with E-state index in [4.69, 9.17) is 4.18 Å². The first-order chi connectivity index (χ1) is 16.8. The molecule has 1 amide bonds. The summed E-state index contributed by atoms with van der Waals surface area (Å²) in [5, 5.41) is 4.54. The largest absolute Gasteiger partial charge is 0.398 e. The number of fused-ring (bicyclic) bond motifs is 1. The number of aldehydes is 1. The highest BCUT2D eigenvalue weighted by atomic mass is 32.3. The fraction of sp³-hybridized carbons (Fsp3) is 0.111. The fourth-order valence-corrected chi connectivity index (χ4v) is 4.32. The lowest BCUT2D eigenvalue weighted by atomic mass is 9.97. The third-order valence-corrected chi connectivity index (χ3v) is 5.98. The molecular formula is C27H23NO6S. The molecule has 0 fully saturated rings. The predicted molar refractivity (Wildman–Crippen MR) is 132 cm³/mol. The van der Waals surface area contributed by atoms with Crippen LogP contribution in [-0.4, -0.2) is 31.2 Å². The molecule has 0 bridgehead atoms. The van der Waals surface area contributed by atoms with Gasteiger partial charge in [-0.25, -0.2) is 4.18 Å². The molecule has 0 aliphatic carbocycles. The second kappa shape index (κ2) is 10.6. The Morgan fingerprint density at radius 2 is 1.49 bits per heavy atom. The van der Waals surface area contributed by atoms with Gasteiger partial charge in [-0.3, -0.25) is 9.35 Å². The molecule has 0 saturated heterocycles. The third-order valence-electron chi connectivity index (χ3n) is 5.55. The number of rotatable bonds is 9. The van der Waals surface area contributed by atoms with Crippen LogP contribution in [0.25, 0.3) is 10.8 Å². The molecular weight excluding hydrogens is 466 g/mol. The van der Waals surface area contributed by atoms with E-state index in [0.717, 1.165) is 16.3 Å². The van der Waals surface area contributed by atoms with Gasteiger partial charge in [-0.05, 0) is 52.1 Å². The minimum Gasteiger partial charge on any atom is -0.342 e. The normalized spacial score (nSPS) is 13.2. The van der Waals surface area contributed by atoms with Crippen molar-refractivity contribution >= 4 is 33.4 Å². The Bertz CT molecular complexity index is 1440. The highest BCUT2D eigenvalue weighted by Crippen LogP contribution is 2.30. The predicted octanol–water partition coefficient (Wildman–Crippen LogP) is 4.29. The average Bonchev–Trinajstić information content (AvgIpc) is 2.87. The van der Waals surface area contributed by atoms with Crippen molar-refractivity contribution in [3.8, 4) is 0 Å². The van der Waals surface area contributed by atoms with Crippen molar-refractivity contribution in [1.29, 1.82) is 0 Å². The second-order valence-corrected chi connectivity index (χ2v) is 9.09. The highest BCUT2D eigenvalue weighted by molar-refractivity contribution is 7.80. The molecule has 0 radical (unpaired) electrons. The van der Waals surface area contributed by atoms with Gasteiger partial charge in [0, 0.05) is 5.56 Å². The zero-order valence-corrected chi connectivity index (χ0v) is 19.4. The topological polar surface area (TPSA) is 110 Å². The van der Waals surface area contributed by atoms with E-state index in [1.807, 2.05) is 60.7 Å². The molecule has 0 aromatic heterocycles. The van der Waals surface area contributed by atoms with E-state index in [0.29, 0.717) is 23.8 Å². The van der Waals surface area contributed by atoms with Crippen LogP contribution >= 0.6 is 0 Å². The molecule has 2 atom stereocenters. The summed E-state index contributed by atoms with van der Waals surface area (Å²) >= 11 is 0. The Balaban J connectivity index is 1.55. The molecule has 1 unspecified atom stereocenters. The highest BCUT2D eigenvalue weighted by Gasteiger charge is 2.22. The maximum absolute atomic E-state index is 12.7. The van der Waals surface area contributed by atoms with Crippen molar-refractivity contribution < 1.29 is 26.7 Å². The molecule has 35 heavy (non-hydrogen) atoms. The zero-order chi connectivity index (χ0) is 24.8. The molecule has 178 valence electrons. The molecule has 7 nitrogen and oxygen atoms in total. The van der Waals surface area contributed by atoms with E-state index < -0.39 is 28.5 Å². The van der Waals surface area contributed by atoms with E-state index in [2.05, 4.69) is 5.32 Å². The Morgan fingerprint density at radius 1 is 0.857 bits per heavy atom. The molecule has 8 heteroatoms. The molecule has 4 aromatic carbocycles. The maximum atomic E-state index is 12.7. The van der Waals surface area contributed by atoms with Crippen LogP contribution in [0.5, 0.6) is 0 Å². The first-order valence-electron chi connectivity index (χ1n) is 10.9. The SMILES string of the molecule is O=C[C@H](Cc1ccccc1)NC(=O)c1ccc(C(OS(=O)(=O)O)c2ccc3ccccc3c2)cc1. The van der Waals surface area contributed by atoms with Gasteiger partial charge in [0.15, 0.2) is 0 Å². The Labute approximate surface area is 203 Å². The number of carbonyl (C=O) groups excluding carboxylic acids is 2. The minimum absolute atomic E-state index is 0.290. The van der Waals surface area contributed by atoms with Gasteiger partial charge in [-0.15, -0.1) is 0 Å². The van der Waals surface area contributed by atoms with Crippen molar-refractivity contribution in [1.82, 2.24) is 5.32 Å². The quantitative estimate of drug-likeness (QED) is 0.268. The van der Waals surface area contributed by atoms with Gasteiger partial charge in [0.2, 0.25) is 0 Å². The summed E-state index contributed by atoms with van der Waals surface area (Å²) in [6, 6.07) is 27.7. The molecule has 4 rings (SSSR count). The van der Waals surface area contributed by atoms with Crippen molar-refractivity contribution in [3.05, 3.63) is 119 Å². The van der Waals surface area contributed by atoms with Crippen LogP contribution in [0.15, 0.2) is 97.1 Å². The summed E-state index contributed by atoms with van der Waals surface area (Å²) in [6.07, 6.45) is -0.0671. The number of benzene rings is 4. The van der Waals surface area contributed by atoms with Crippen LogP contribution in [0.1, 0.15) is 33.2 Å². The van der Waals surface area contributed by atoms with E-state index >= 15 is 0 Å². The molecule has 2 N–H and O–H groups in total. The van der Waals surface area contributed by atoms with Gasteiger partial charge in [0.1, 0.15) is 12.4 Å². The molecule has 0 aliphatic rings. The minimum atomic E-state index is -4.77. The van der Waals surface area contributed by atoms with Crippen LogP contribution in [0.3, 0.4) is 0 Å². The molecule has 0 aliphatic heterocycles. The van der Waals surface area contributed by atoms with Crippen LogP contribution in [0, 0.1) is 0 Å². The van der Waals surface area contributed by atoms with E-state index in [1.165, 1.54) is 12.1 Å². The summed E-state index contributed by atoms with van der Waals surface area (Å²) < 4.78 is 37.5. The first kappa shape index (κ1) is 24.3. The van der Waals surface area contributed by atoms with Crippen LogP contribution in [-0.2, 0) is 25.8 Å². The number of hydrogen-bond acceptors (Lipinski definition) is 5. The van der Waals surface area contributed by atoms with Crippen molar-refractivity contribution in [3.63, 3.8) is 0 Å². The van der Waals surface area contributed by atoms with Crippen LogP contribution < -0.4 is 5.32 Å². The van der Waals surface area contributed by atoms with Gasteiger partial charge in [-0.1, -0.05) is 78.9 Å². The fourth-order valence-electron chi connectivity index (χ4n) is 3.86. The first-order valence-corrected chi connectivity index (χ1v) is 12.2. The lowest BCUT2D eigenvalue weighted by molar-refractivity contribution is -0.109. The monoisotopic (exact) mass is 489 g/mol. The lowest BCUT2D eigenvalue weighted by Gasteiger charge is -2.18. The van der Waals surface area contributed by atoms with E-state index in [-0.39, 0.29) is 5.56 Å². The molecule has 0 spiro atoms. The van der Waals surface area contributed by atoms with E-state index in [9.17, 15) is 22.6 Å². The van der Waals surface area contributed by atoms with Gasteiger partial charge in [0.05, 0.1) is 6.04 Å². The number of carbonyl (C=O) groups is 2. The lowest BCUT2D eigenvalue weighted by Crippen LogP contribution is -2.37. The van der Waals surface area contributed by atoms with Crippen molar-refractivity contribution in [2.75, 3.05) is 0 Å².